The maximum absolute atomic E-state index is 8.69. The molecular formula is H3MnNaO5. The van der Waals surface area contributed by atoms with Crippen LogP contribution in [0, 0.1) is 0 Å². The topological polar surface area (TPSA) is 103 Å². The van der Waals surface area contributed by atoms with E-state index < -0.39 is 13.0 Å². The van der Waals surface area contributed by atoms with Crippen molar-refractivity contribution in [2.45, 2.75) is 0 Å². The van der Waals surface area contributed by atoms with Crippen molar-refractivity contribution >= 4 is 29.6 Å². The van der Waals surface area contributed by atoms with Crippen molar-refractivity contribution in [1.82, 2.24) is 0 Å². The van der Waals surface area contributed by atoms with Crippen molar-refractivity contribution in [3.05, 3.63) is 0 Å². The van der Waals surface area contributed by atoms with E-state index in [0.29, 0.717) is 0 Å². The van der Waals surface area contributed by atoms with Gasteiger partial charge in [-0.15, -0.1) is 0 Å². The first-order chi connectivity index (χ1) is 2.00. The molecule has 0 saturated heterocycles. The average molecular weight is 161 g/mol. The molecular weight excluding hydrogens is 158 g/mol. The fourth-order valence-electron chi connectivity index (χ4n) is 0. The quantitative estimate of drug-likeness (QED) is 0.410. The fraction of sp³-hybridized carbons (Fsp3) is 0. The molecule has 0 amide bonds. The standard InChI is InChI=1S/Mn.Na.2H2O.3O/h;;2*1H2;;;/q+1;;;;;;/p-1. The van der Waals surface area contributed by atoms with Gasteiger partial charge in [-0.3, -0.25) is 0 Å². The molecule has 0 aliphatic carbocycles. The van der Waals surface area contributed by atoms with Crippen LogP contribution in [0.2, 0.25) is 0 Å². The van der Waals surface area contributed by atoms with Gasteiger partial charge in [-0.2, -0.15) is 0 Å². The Hall–Kier alpha value is 0.839. The molecule has 0 spiro atoms. The molecule has 0 rings (SSSR count). The predicted molar refractivity (Wildman–Crippen MR) is 13.6 cm³/mol. The average Bonchev–Trinajstić information content (AvgIpc) is 0.722. The molecule has 0 unspecified atom stereocenters. The summed E-state index contributed by atoms with van der Waals surface area (Å²) in [5.41, 5.74) is 0. The number of hydrogen-bond acceptors (Lipinski definition) is 3. The van der Waals surface area contributed by atoms with Crippen LogP contribution in [0.15, 0.2) is 0 Å². The van der Waals surface area contributed by atoms with Crippen LogP contribution in [-0.2, 0) is 24.5 Å². The van der Waals surface area contributed by atoms with Gasteiger partial charge in [0.05, 0.1) is 0 Å². The first-order valence-electron chi connectivity index (χ1n) is 0.632. The van der Waals surface area contributed by atoms with Gasteiger partial charge in [-0.25, -0.2) is 0 Å². The van der Waals surface area contributed by atoms with Gasteiger partial charge in [0, 0.05) is 29.6 Å². The Morgan fingerprint density at radius 3 is 1.14 bits per heavy atom. The van der Waals surface area contributed by atoms with Crippen molar-refractivity contribution in [3.63, 3.8) is 0 Å². The summed E-state index contributed by atoms with van der Waals surface area (Å²) in [4.78, 5) is 0. The molecule has 0 saturated carbocycles. The SMILES string of the molecule is O.[Na].[O]=[Mn](=[O])(=[O])[OH]. The van der Waals surface area contributed by atoms with Crippen molar-refractivity contribution in [1.29, 1.82) is 0 Å². The minimum atomic E-state index is -5.38. The second-order valence-electron chi connectivity index (χ2n) is 0.396. The van der Waals surface area contributed by atoms with E-state index in [1.165, 1.54) is 0 Å². The third-order valence-electron chi connectivity index (χ3n) is 0. The third-order valence-corrected chi connectivity index (χ3v) is 0. The van der Waals surface area contributed by atoms with Gasteiger partial charge in [0.15, 0.2) is 0 Å². The molecule has 7 heavy (non-hydrogen) atoms. The molecule has 1 radical (unpaired) electrons. The van der Waals surface area contributed by atoms with Crippen LogP contribution < -0.4 is 0 Å². The van der Waals surface area contributed by atoms with E-state index in [1.54, 1.807) is 0 Å². The Bertz CT molecular complexity index is 129. The van der Waals surface area contributed by atoms with Crippen molar-refractivity contribution in [2.75, 3.05) is 0 Å². The maximum atomic E-state index is 8.69. The molecule has 0 aromatic heterocycles. The van der Waals surface area contributed by atoms with Crippen LogP contribution in [0.1, 0.15) is 0 Å². The molecule has 0 fully saturated rings. The second-order valence-corrected chi connectivity index (χ2v) is 1.63. The van der Waals surface area contributed by atoms with Gasteiger partial charge in [0.1, 0.15) is 0 Å². The molecule has 5 nitrogen and oxygen atoms in total. The number of hydrogen-bond donors (Lipinski definition) is 1. The predicted octanol–water partition coefficient (Wildman–Crippen LogP) is -2.12. The van der Waals surface area contributed by atoms with E-state index in [4.69, 9.17) is 15.7 Å². The van der Waals surface area contributed by atoms with Crippen LogP contribution in [0.4, 0.5) is 0 Å². The van der Waals surface area contributed by atoms with Crippen molar-refractivity contribution in [3.8, 4) is 0 Å². The summed E-state index contributed by atoms with van der Waals surface area (Å²) in [6.45, 7) is 0. The monoisotopic (exact) mass is 161 g/mol. The van der Waals surface area contributed by atoms with Crippen molar-refractivity contribution in [2.24, 2.45) is 0 Å². The summed E-state index contributed by atoms with van der Waals surface area (Å²) in [6, 6.07) is 0. The molecule has 41 valence electrons. The van der Waals surface area contributed by atoms with E-state index in [0.717, 1.165) is 0 Å². The second kappa shape index (κ2) is 4.99. The Labute approximate surface area is 63.5 Å². The van der Waals surface area contributed by atoms with Gasteiger partial charge in [-0.05, 0) is 0 Å². The molecule has 0 atom stereocenters. The first kappa shape index (κ1) is 15.7. The fourth-order valence-corrected chi connectivity index (χ4v) is 0. The van der Waals surface area contributed by atoms with E-state index in [1.807, 2.05) is 0 Å². The Morgan fingerprint density at radius 2 is 1.14 bits per heavy atom. The number of rotatable bonds is 0. The van der Waals surface area contributed by atoms with Gasteiger partial charge in [-0.1, -0.05) is 0 Å². The summed E-state index contributed by atoms with van der Waals surface area (Å²) in [6.07, 6.45) is 0. The van der Waals surface area contributed by atoms with Gasteiger partial charge >= 0.3 is 28.7 Å². The molecule has 0 aliphatic rings. The summed E-state index contributed by atoms with van der Waals surface area (Å²) in [7, 11) is 0. The van der Waals surface area contributed by atoms with Crippen LogP contribution in [-0.4, -0.2) is 39.2 Å². The van der Waals surface area contributed by atoms with E-state index in [9.17, 15) is 0 Å². The van der Waals surface area contributed by atoms with Crippen LogP contribution >= 0.6 is 0 Å². The normalized spacial score (nSPS) is 8.14. The summed E-state index contributed by atoms with van der Waals surface area (Å²) in [5.74, 6) is 0. The van der Waals surface area contributed by atoms with E-state index in [-0.39, 0.29) is 35.0 Å². The Kier molecular flexibility index (Phi) is 11.2. The van der Waals surface area contributed by atoms with Gasteiger partial charge in [0.25, 0.3) is 0 Å². The van der Waals surface area contributed by atoms with Gasteiger partial charge in [0.2, 0.25) is 0 Å². The van der Waals surface area contributed by atoms with Crippen LogP contribution in [0.25, 0.3) is 0 Å². The molecule has 0 aromatic rings. The first-order valence-corrected chi connectivity index (χ1v) is 2.61. The molecule has 0 bridgehead atoms. The molecule has 0 aromatic carbocycles. The molecule has 3 N–H and O–H groups in total. The van der Waals surface area contributed by atoms with Gasteiger partial charge < -0.3 is 5.48 Å². The van der Waals surface area contributed by atoms with E-state index in [2.05, 4.69) is 0 Å². The van der Waals surface area contributed by atoms with Crippen LogP contribution in [0.3, 0.4) is 0 Å². The minimum absolute atomic E-state index is 0. The molecule has 0 heterocycles. The Morgan fingerprint density at radius 1 is 1.14 bits per heavy atom. The summed E-state index contributed by atoms with van der Waals surface area (Å²) >= 11 is -5.38. The zero-order chi connectivity index (χ0) is 4.50. The van der Waals surface area contributed by atoms with E-state index >= 15 is 0 Å². The third kappa shape index (κ3) is 227. The Balaban J connectivity index is -0.0000000800. The summed E-state index contributed by atoms with van der Waals surface area (Å²) in [5, 5.41) is 0. The summed E-state index contributed by atoms with van der Waals surface area (Å²) < 4.78 is 33.1. The molecule has 7 heteroatoms. The van der Waals surface area contributed by atoms with Crippen molar-refractivity contribution < 1.29 is 34.1 Å². The van der Waals surface area contributed by atoms with Crippen LogP contribution in [0.5, 0.6) is 0 Å². The molecule has 0 aliphatic heterocycles. The zero-order valence-electron chi connectivity index (χ0n) is 3.55. The zero-order valence-corrected chi connectivity index (χ0v) is 6.73.